The van der Waals surface area contributed by atoms with Crippen LogP contribution in [0.25, 0.3) is 0 Å². The Bertz CT molecular complexity index is 746. The number of ether oxygens (including phenoxy) is 4. The lowest BCUT2D eigenvalue weighted by molar-refractivity contribution is -0.268. The van der Waals surface area contributed by atoms with Crippen molar-refractivity contribution in [3.05, 3.63) is 23.8 Å². The normalized spacial score (nSPS) is 27.3. The van der Waals surface area contributed by atoms with E-state index in [1.807, 2.05) is 0 Å². The minimum Gasteiger partial charge on any atom is -0.507 e. The summed E-state index contributed by atoms with van der Waals surface area (Å²) in [5.74, 6) is -2.21. The summed E-state index contributed by atoms with van der Waals surface area (Å²) in [6.07, 6.45) is -6.16. The molecule has 1 fully saturated rings. The van der Waals surface area contributed by atoms with Crippen LogP contribution >= 0.6 is 0 Å². The average Bonchev–Trinajstić information content (AvgIpc) is 2.71. The van der Waals surface area contributed by atoms with Crippen LogP contribution in [0.4, 0.5) is 5.69 Å². The Balaban J connectivity index is 1.90. The fourth-order valence-corrected chi connectivity index (χ4v) is 2.90. The molecule has 0 aromatic heterocycles. The Morgan fingerprint density at radius 1 is 1.30 bits per heavy atom. The molecule has 0 spiro atoms. The van der Waals surface area contributed by atoms with Gasteiger partial charge in [0.25, 0.3) is 0 Å². The summed E-state index contributed by atoms with van der Waals surface area (Å²) in [5, 5.41) is 41.9. The number of rotatable bonds is 8. The van der Waals surface area contributed by atoms with E-state index in [2.05, 4.69) is 5.32 Å². The fraction of sp³-hybridized carbons (Fsp3) is 0.556. The number of esters is 2. The third-order valence-electron chi connectivity index (χ3n) is 4.53. The van der Waals surface area contributed by atoms with Gasteiger partial charge in [-0.1, -0.05) is 0 Å². The largest absolute Gasteiger partial charge is 0.507 e. The maximum atomic E-state index is 12.1. The molecule has 1 aliphatic rings. The number of aliphatic hydroxyl groups is 3. The molecular weight excluding hydrogens is 404 g/mol. The number of aromatic hydroxyl groups is 1. The molecule has 3 unspecified atom stereocenters. The zero-order chi connectivity index (χ0) is 22.4. The van der Waals surface area contributed by atoms with E-state index in [9.17, 15) is 30.0 Å². The van der Waals surface area contributed by atoms with Gasteiger partial charge in [0.15, 0.2) is 12.4 Å². The molecule has 0 amide bonds. The number of nitrogens with one attached hydrogen (secondary N) is 1. The van der Waals surface area contributed by atoms with Crippen molar-refractivity contribution in [1.82, 2.24) is 5.32 Å². The minimum atomic E-state index is -1.39. The fourth-order valence-electron chi connectivity index (χ4n) is 2.90. The van der Waals surface area contributed by atoms with Gasteiger partial charge in [0.2, 0.25) is 6.79 Å². The summed E-state index contributed by atoms with van der Waals surface area (Å²) in [5.41, 5.74) is 5.59. The van der Waals surface area contributed by atoms with Crippen LogP contribution in [0.15, 0.2) is 18.2 Å². The highest BCUT2D eigenvalue weighted by molar-refractivity contribution is 5.93. The molecule has 12 nitrogen and oxygen atoms in total. The molecule has 12 heteroatoms. The van der Waals surface area contributed by atoms with Gasteiger partial charge in [0.05, 0.1) is 12.6 Å². The second-order valence-corrected chi connectivity index (χ2v) is 6.59. The third kappa shape index (κ3) is 5.56. The van der Waals surface area contributed by atoms with Crippen LogP contribution in [0.3, 0.4) is 0 Å². The Morgan fingerprint density at radius 3 is 2.63 bits per heavy atom. The molecule has 1 saturated heterocycles. The van der Waals surface area contributed by atoms with Gasteiger partial charge in [-0.05, 0) is 32.2 Å². The van der Waals surface area contributed by atoms with E-state index < -0.39 is 62.1 Å². The van der Waals surface area contributed by atoms with E-state index in [0.29, 0.717) is 0 Å². The van der Waals surface area contributed by atoms with Crippen molar-refractivity contribution in [2.75, 3.05) is 26.2 Å². The van der Waals surface area contributed by atoms with Gasteiger partial charge in [-0.3, -0.25) is 0 Å². The number of likely N-dealkylation sites (N-methyl/N-ethyl adjacent to an activating group) is 1. The van der Waals surface area contributed by atoms with E-state index in [0.717, 1.165) is 0 Å². The average molecular weight is 430 g/mol. The number of phenols is 1. The molecule has 0 bridgehead atoms. The highest BCUT2D eigenvalue weighted by atomic mass is 16.7. The molecule has 6 atom stereocenters. The molecule has 1 aliphatic heterocycles. The molecule has 2 rings (SSSR count). The van der Waals surface area contributed by atoms with Gasteiger partial charge in [0.1, 0.15) is 29.6 Å². The van der Waals surface area contributed by atoms with Gasteiger partial charge in [0, 0.05) is 5.69 Å². The van der Waals surface area contributed by atoms with Crippen molar-refractivity contribution in [2.24, 2.45) is 0 Å². The lowest BCUT2D eigenvalue weighted by Gasteiger charge is -2.42. The van der Waals surface area contributed by atoms with E-state index in [1.54, 1.807) is 0 Å². The number of hydrogen-bond donors (Lipinski definition) is 6. The van der Waals surface area contributed by atoms with Crippen molar-refractivity contribution < 1.29 is 49.0 Å². The molecule has 7 N–H and O–H groups in total. The van der Waals surface area contributed by atoms with Crippen molar-refractivity contribution in [2.45, 2.75) is 43.7 Å². The van der Waals surface area contributed by atoms with Crippen LogP contribution in [0, 0.1) is 0 Å². The molecule has 0 saturated carbocycles. The highest BCUT2D eigenvalue weighted by Gasteiger charge is 2.45. The van der Waals surface area contributed by atoms with E-state index in [-0.39, 0.29) is 17.0 Å². The van der Waals surface area contributed by atoms with Crippen LogP contribution in [-0.4, -0.2) is 89.6 Å². The Labute approximate surface area is 172 Å². The Kier molecular flexibility index (Phi) is 8.34. The summed E-state index contributed by atoms with van der Waals surface area (Å²) in [4.78, 5) is 24.1. The number of anilines is 1. The molecule has 1 aromatic rings. The summed E-state index contributed by atoms with van der Waals surface area (Å²) in [6.45, 7) is 0.0105. The van der Waals surface area contributed by atoms with Gasteiger partial charge >= 0.3 is 11.9 Å². The monoisotopic (exact) mass is 430 g/mol. The standard InChI is InChI=1S/C18H26N2O10/c1-8(29-15-13(20-2)18(26)30-12(6-21)14(15)23)16(24)27-7-28-17(25)10-5-9(19)3-4-11(10)22/h3-5,8,12-15,18,20-23,26H,6-7,19H2,1-2H3/t8?,12?,13?,14-,15+,18+/m0/s1. The number of carbonyl (C=O) groups is 2. The zero-order valence-electron chi connectivity index (χ0n) is 16.4. The first kappa shape index (κ1) is 23.8. The molecule has 0 radical (unpaired) electrons. The van der Waals surface area contributed by atoms with Crippen LogP contribution in [-0.2, 0) is 23.7 Å². The van der Waals surface area contributed by atoms with E-state index in [1.165, 1.54) is 32.2 Å². The lowest BCUT2D eigenvalue weighted by atomic mass is 9.96. The van der Waals surface area contributed by atoms with Crippen LogP contribution in [0.5, 0.6) is 5.75 Å². The lowest BCUT2D eigenvalue weighted by Crippen LogP contribution is -2.64. The third-order valence-corrected chi connectivity index (χ3v) is 4.53. The van der Waals surface area contributed by atoms with E-state index >= 15 is 0 Å². The predicted molar refractivity (Wildman–Crippen MR) is 100 cm³/mol. The SMILES string of the molecule is CNC1[C@H](O)OC(CO)[C@H](O)[C@@H]1OC(C)C(=O)OCOC(=O)c1cc(N)ccc1O. The van der Waals surface area contributed by atoms with E-state index in [4.69, 9.17) is 24.7 Å². The van der Waals surface area contributed by atoms with Gasteiger partial charge in [-0.2, -0.15) is 0 Å². The first-order valence-corrected chi connectivity index (χ1v) is 9.07. The smallest absolute Gasteiger partial charge is 0.344 e. The maximum absolute atomic E-state index is 12.1. The van der Waals surface area contributed by atoms with Crippen LogP contribution < -0.4 is 11.1 Å². The molecule has 1 heterocycles. The second kappa shape index (κ2) is 10.5. The number of phenolic OH excluding ortho intramolecular Hbond substituents is 1. The van der Waals surface area contributed by atoms with Crippen molar-refractivity contribution in [1.29, 1.82) is 0 Å². The number of hydrogen-bond acceptors (Lipinski definition) is 12. The quantitative estimate of drug-likeness (QED) is 0.116. The minimum absolute atomic E-state index is 0.193. The second-order valence-electron chi connectivity index (χ2n) is 6.59. The molecule has 168 valence electrons. The van der Waals surface area contributed by atoms with Crippen molar-refractivity contribution in [3.8, 4) is 5.75 Å². The summed E-state index contributed by atoms with van der Waals surface area (Å²) < 4.78 is 20.2. The number of carbonyl (C=O) groups excluding carboxylic acids is 2. The number of benzene rings is 1. The van der Waals surface area contributed by atoms with Crippen molar-refractivity contribution >= 4 is 17.6 Å². The number of aliphatic hydroxyl groups excluding tert-OH is 3. The molecule has 1 aromatic carbocycles. The Morgan fingerprint density at radius 2 is 2.00 bits per heavy atom. The van der Waals surface area contributed by atoms with Gasteiger partial charge in [-0.15, -0.1) is 0 Å². The first-order chi connectivity index (χ1) is 14.2. The summed E-state index contributed by atoms with van der Waals surface area (Å²) >= 11 is 0. The van der Waals surface area contributed by atoms with Crippen molar-refractivity contribution in [3.63, 3.8) is 0 Å². The predicted octanol–water partition coefficient (Wildman–Crippen LogP) is -1.94. The van der Waals surface area contributed by atoms with Crippen LogP contribution in [0.1, 0.15) is 17.3 Å². The highest BCUT2D eigenvalue weighted by Crippen LogP contribution is 2.24. The molecular formula is C18H26N2O10. The van der Waals surface area contributed by atoms with Crippen LogP contribution in [0.2, 0.25) is 0 Å². The maximum Gasteiger partial charge on any atom is 0.344 e. The first-order valence-electron chi connectivity index (χ1n) is 9.07. The topological polar surface area (TPSA) is 190 Å². The Hall–Kier alpha value is -2.48. The van der Waals surface area contributed by atoms with Gasteiger partial charge < -0.3 is 50.4 Å². The number of nitrogen functional groups attached to an aromatic ring is 1. The molecule has 30 heavy (non-hydrogen) atoms. The zero-order valence-corrected chi connectivity index (χ0v) is 16.4. The molecule has 0 aliphatic carbocycles. The summed E-state index contributed by atoms with van der Waals surface area (Å²) in [7, 11) is 1.49. The summed E-state index contributed by atoms with van der Waals surface area (Å²) in [6, 6.07) is 2.94. The van der Waals surface area contributed by atoms with Gasteiger partial charge in [-0.25, -0.2) is 9.59 Å². The number of nitrogens with two attached hydrogens (primary N) is 1.